The van der Waals surface area contributed by atoms with Gasteiger partial charge in [0, 0.05) is 5.02 Å². The van der Waals surface area contributed by atoms with Gasteiger partial charge < -0.3 is 15.2 Å². The van der Waals surface area contributed by atoms with Crippen molar-refractivity contribution in [2.24, 2.45) is 11.8 Å². The fraction of sp³-hybridized carbons (Fsp3) is 0.286. The lowest BCUT2D eigenvalue weighted by molar-refractivity contribution is -0.145. The Morgan fingerprint density at radius 1 is 1.24 bits per heavy atom. The maximum Gasteiger partial charge on any atom is 0.310 e. The van der Waals surface area contributed by atoms with Gasteiger partial charge in [0.05, 0.1) is 23.8 Å². The molecule has 3 rings (SSSR count). The molecule has 5 nitrogen and oxygen atoms in total. The highest BCUT2D eigenvalue weighted by Crippen LogP contribution is 2.40. The van der Waals surface area contributed by atoms with Crippen LogP contribution >= 0.6 is 11.6 Å². The first-order valence-electron chi connectivity index (χ1n) is 6.30. The van der Waals surface area contributed by atoms with E-state index < -0.39 is 41.7 Å². The number of anilines is 1. The highest BCUT2D eigenvalue weighted by molar-refractivity contribution is 6.30. The number of benzene rings is 1. The highest BCUT2D eigenvalue weighted by Gasteiger charge is 2.53. The van der Waals surface area contributed by atoms with Gasteiger partial charge in [-0.15, -0.1) is 0 Å². The summed E-state index contributed by atoms with van der Waals surface area (Å²) in [6.45, 7) is 0. The molecule has 7 heteroatoms. The van der Waals surface area contributed by atoms with Crippen molar-refractivity contribution in [3.05, 3.63) is 41.2 Å². The van der Waals surface area contributed by atoms with Gasteiger partial charge in [0.25, 0.3) is 0 Å². The van der Waals surface area contributed by atoms with Crippen LogP contribution in [0.25, 0.3) is 0 Å². The molecule has 1 aromatic carbocycles. The third-order valence-corrected chi connectivity index (χ3v) is 3.91. The zero-order chi connectivity index (χ0) is 15.1. The Kier molecular flexibility index (Phi) is 3.43. The molecule has 0 saturated carbocycles. The molecule has 2 aliphatic rings. The molecule has 2 heterocycles. The number of carbonyl (C=O) groups excluding carboxylic acids is 1. The highest BCUT2D eigenvalue weighted by atomic mass is 35.5. The van der Waals surface area contributed by atoms with E-state index in [1.54, 1.807) is 12.2 Å². The average Bonchev–Trinajstić information content (AvgIpc) is 3.02. The van der Waals surface area contributed by atoms with Crippen LogP contribution in [-0.2, 0) is 14.3 Å². The van der Waals surface area contributed by atoms with Crippen molar-refractivity contribution in [3.63, 3.8) is 0 Å². The summed E-state index contributed by atoms with van der Waals surface area (Å²) < 4.78 is 19.1. The SMILES string of the molecule is O=C(O)[C@@H]1[C@@H](C(=O)Nc2ccc(Cl)cc2F)[C@@H]2C=C[C@@H]1O2. The summed E-state index contributed by atoms with van der Waals surface area (Å²) in [7, 11) is 0. The van der Waals surface area contributed by atoms with Crippen molar-refractivity contribution in [1.82, 2.24) is 0 Å². The fourth-order valence-corrected chi connectivity index (χ4v) is 2.88. The Balaban J connectivity index is 1.82. The first kappa shape index (κ1) is 14.0. The molecule has 0 unspecified atom stereocenters. The predicted molar refractivity (Wildman–Crippen MR) is 72.5 cm³/mol. The zero-order valence-electron chi connectivity index (χ0n) is 10.6. The Hall–Kier alpha value is -1.92. The number of hydrogen-bond donors (Lipinski definition) is 2. The van der Waals surface area contributed by atoms with Gasteiger partial charge in [-0.3, -0.25) is 9.59 Å². The minimum Gasteiger partial charge on any atom is -0.481 e. The summed E-state index contributed by atoms with van der Waals surface area (Å²) in [5.74, 6) is -4.21. The molecular formula is C14H11ClFNO4. The van der Waals surface area contributed by atoms with Gasteiger partial charge in [-0.1, -0.05) is 23.8 Å². The lowest BCUT2D eigenvalue weighted by Gasteiger charge is -2.21. The average molecular weight is 312 g/mol. The molecule has 1 fully saturated rings. The van der Waals surface area contributed by atoms with Crippen LogP contribution in [0, 0.1) is 17.7 Å². The summed E-state index contributed by atoms with van der Waals surface area (Å²) in [6, 6.07) is 3.84. The number of hydrogen-bond acceptors (Lipinski definition) is 3. The summed E-state index contributed by atoms with van der Waals surface area (Å²) in [5.41, 5.74) is -0.0414. The van der Waals surface area contributed by atoms with Crippen LogP contribution < -0.4 is 5.32 Å². The van der Waals surface area contributed by atoms with Gasteiger partial charge in [0.2, 0.25) is 5.91 Å². The van der Waals surface area contributed by atoms with Crippen LogP contribution in [0.5, 0.6) is 0 Å². The van der Waals surface area contributed by atoms with Gasteiger partial charge in [-0.2, -0.15) is 0 Å². The number of fused-ring (bicyclic) bond motifs is 2. The number of rotatable bonds is 3. The van der Waals surface area contributed by atoms with Crippen LogP contribution in [0.4, 0.5) is 10.1 Å². The normalized spacial score (nSPS) is 29.6. The van der Waals surface area contributed by atoms with E-state index in [9.17, 15) is 19.1 Å². The number of ether oxygens (including phenoxy) is 1. The van der Waals surface area contributed by atoms with Crippen LogP contribution in [0.2, 0.25) is 5.02 Å². The molecule has 0 radical (unpaired) electrons. The number of amides is 1. The molecule has 2 aliphatic heterocycles. The van der Waals surface area contributed by atoms with Gasteiger partial charge in [-0.25, -0.2) is 4.39 Å². The van der Waals surface area contributed by atoms with E-state index in [0.717, 1.165) is 6.07 Å². The number of carboxylic acid groups (broad SMARTS) is 1. The Morgan fingerprint density at radius 2 is 1.90 bits per heavy atom. The predicted octanol–water partition coefficient (Wildman–Crippen LogP) is 2.07. The molecule has 0 spiro atoms. The second-order valence-electron chi connectivity index (χ2n) is 4.95. The van der Waals surface area contributed by atoms with Crippen molar-refractivity contribution < 1.29 is 23.8 Å². The van der Waals surface area contributed by atoms with Gasteiger partial charge >= 0.3 is 5.97 Å². The molecule has 21 heavy (non-hydrogen) atoms. The summed E-state index contributed by atoms with van der Waals surface area (Å²) in [5, 5.41) is 11.8. The van der Waals surface area contributed by atoms with Crippen molar-refractivity contribution in [2.45, 2.75) is 12.2 Å². The Bertz CT molecular complexity index is 648. The summed E-state index contributed by atoms with van der Waals surface area (Å²) in [4.78, 5) is 23.6. The van der Waals surface area contributed by atoms with E-state index in [1.165, 1.54) is 12.1 Å². The van der Waals surface area contributed by atoms with Crippen LogP contribution in [0.15, 0.2) is 30.4 Å². The van der Waals surface area contributed by atoms with Gasteiger partial charge in [0.15, 0.2) is 0 Å². The molecule has 2 bridgehead atoms. The standard InChI is InChI=1S/C14H11ClFNO4/c15-6-1-2-8(7(16)5-6)17-13(18)11-9-3-4-10(21-9)12(11)14(19)20/h1-5,9-12H,(H,17,18)(H,19,20)/t9-,10-,11-,12-/m0/s1. The van der Waals surface area contributed by atoms with Crippen LogP contribution in [-0.4, -0.2) is 29.2 Å². The first-order valence-corrected chi connectivity index (χ1v) is 6.67. The monoisotopic (exact) mass is 311 g/mol. The molecule has 0 aromatic heterocycles. The summed E-state index contributed by atoms with van der Waals surface area (Å²) in [6.07, 6.45) is 2.09. The van der Waals surface area contributed by atoms with Gasteiger partial charge in [-0.05, 0) is 18.2 Å². The number of carbonyl (C=O) groups is 2. The third-order valence-electron chi connectivity index (χ3n) is 3.68. The fourth-order valence-electron chi connectivity index (χ4n) is 2.72. The van der Waals surface area contributed by atoms with E-state index in [0.29, 0.717) is 0 Å². The number of halogens is 2. The molecule has 1 amide bonds. The molecule has 1 saturated heterocycles. The summed E-state index contributed by atoms with van der Waals surface area (Å²) >= 11 is 5.64. The third kappa shape index (κ3) is 2.41. The minimum atomic E-state index is -1.11. The molecular weight excluding hydrogens is 301 g/mol. The smallest absolute Gasteiger partial charge is 0.310 e. The quantitative estimate of drug-likeness (QED) is 0.838. The molecule has 0 aliphatic carbocycles. The Labute approximate surface area is 124 Å². The molecule has 2 N–H and O–H groups in total. The van der Waals surface area contributed by atoms with E-state index in [2.05, 4.69) is 5.32 Å². The van der Waals surface area contributed by atoms with Gasteiger partial charge in [0.1, 0.15) is 11.7 Å². The lowest BCUT2D eigenvalue weighted by atomic mass is 9.82. The molecule has 1 aromatic rings. The second kappa shape index (κ2) is 5.13. The van der Waals surface area contributed by atoms with Crippen LogP contribution in [0.3, 0.4) is 0 Å². The number of carboxylic acids is 1. The maximum absolute atomic E-state index is 13.7. The number of aliphatic carboxylic acids is 1. The number of nitrogens with one attached hydrogen (secondary N) is 1. The lowest BCUT2D eigenvalue weighted by Crippen LogP contribution is -2.39. The topological polar surface area (TPSA) is 75.6 Å². The van der Waals surface area contributed by atoms with E-state index in [4.69, 9.17) is 16.3 Å². The second-order valence-corrected chi connectivity index (χ2v) is 5.39. The molecule has 4 atom stereocenters. The van der Waals surface area contributed by atoms with E-state index in [-0.39, 0.29) is 10.7 Å². The zero-order valence-corrected chi connectivity index (χ0v) is 11.4. The van der Waals surface area contributed by atoms with E-state index in [1.807, 2.05) is 0 Å². The first-order chi connectivity index (χ1) is 9.97. The largest absolute Gasteiger partial charge is 0.481 e. The maximum atomic E-state index is 13.7. The minimum absolute atomic E-state index is 0.0414. The van der Waals surface area contributed by atoms with Crippen molar-refractivity contribution >= 4 is 29.2 Å². The van der Waals surface area contributed by atoms with Crippen molar-refractivity contribution in [3.8, 4) is 0 Å². The van der Waals surface area contributed by atoms with Crippen LogP contribution in [0.1, 0.15) is 0 Å². The van der Waals surface area contributed by atoms with E-state index >= 15 is 0 Å². The Morgan fingerprint density at radius 3 is 2.52 bits per heavy atom. The van der Waals surface area contributed by atoms with Crippen molar-refractivity contribution in [1.29, 1.82) is 0 Å². The van der Waals surface area contributed by atoms with Crippen molar-refractivity contribution in [2.75, 3.05) is 5.32 Å². The molecule has 110 valence electrons.